The number of oxime groups is 1. The third-order valence-electron chi connectivity index (χ3n) is 6.86. The lowest BCUT2D eigenvalue weighted by Gasteiger charge is -2.50. The van der Waals surface area contributed by atoms with E-state index in [1.165, 1.54) is 19.2 Å². The summed E-state index contributed by atoms with van der Waals surface area (Å²) in [6.07, 6.45) is 4.66. The number of ether oxygens (including phenoxy) is 1. The summed E-state index contributed by atoms with van der Waals surface area (Å²) in [5, 5.41) is 6.20. The van der Waals surface area contributed by atoms with Crippen molar-refractivity contribution >= 4 is 44.3 Å². The maximum atomic E-state index is 13.2. The molecule has 17 heteroatoms. The van der Waals surface area contributed by atoms with Crippen LogP contribution in [0.3, 0.4) is 0 Å². The number of hydroxylamine groups is 2. The van der Waals surface area contributed by atoms with Crippen LogP contribution < -0.4 is 20.9 Å². The Morgan fingerprint density at radius 1 is 1.23 bits per heavy atom. The number of β-lactam (4-membered cyclic amide) rings is 1. The average molecular weight is 637 g/mol. The van der Waals surface area contributed by atoms with Crippen LogP contribution in [0.2, 0.25) is 0 Å². The van der Waals surface area contributed by atoms with Crippen molar-refractivity contribution in [3.63, 3.8) is 0 Å². The Labute approximate surface area is 252 Å². The number of carbonyl (C=O) groups excluding carboxylic acids is 2. The second kappa shape index (κ2) is 13.2. The van der Waals surface area contributed by atoms with Gasteiger partial charge in [0.1, 0.15) is 18.1 Å². The van der Waals surface area contributed by atoms with Gasteiger partial charge in [-0.2, -0.15) is 18.2 Å². The van der Waals surface area contributed by atoms with E-state index in [2.05, 4.69) is 25.3 Å². The third kappa shape index (κ3) is 7.74. The van der Waals surface area contributed by atoms with Crippen LogP contribution in [0, 0.1) is 5.92 Å². The Balaban J connectivity index is 1.34. The average Bonchev–Trinajstić information content (AvgIpc) is 3.55. The number of ketones is 1. The van der Waals surface area contributed by atoms with E-state index < -0.39 is 33.5 Å². The quantitative estimate of drug-likeness (QED) is 0.0538. The van der Waals surface area contributed by atoms with Gasteiger partial charge in [-0.05, 0) is 44.5 Å². The van der Waals surface area contributed by atoms with Gasteiger partial charge in [0.05, 0.1) is 29.8 Å². The lowest BCUT2D eigenvalue weighted by atomic mass is 9.74. The first-order chi connectivity index (χ1) is 20.3. The summed E-state index contributed by atoms with van der Waals surface area (Å²) in [6, 6.07) is 7.59. The molecule has 0 spiro atoms. The molecule has 0 bridgehead atoms. The van der Waals surface area contributed by atoms with Crippen LogP contribution in [0.5, 0.6) is 5.75 Å². The highest BCUT2D eigenvalue weighted by Crippen LogP contribution is 2.40. The highest BCUT2D eigenvalue weighted by atomic mass is 32.3. The molecule has 1 saturated heterocycles. The first kappa shape index (κ1) is 32.0. The largest absolute Gasteiger partial charge is 0.490 e. The van der Waals surface area contributed by atoms with Gasteiger partial charge in [-0.15, -0.1) is 20.3 Å². The minimum absolute atomic E-state index is 0.00179. The van der Waals surface area contributed by atoms with Gasteiger partial charge in [0.15, 0.2) is 30.3 Å². The van der Waals surface area contributed by atoms with Gasteiger partial charge in [-0.3, -0.25) is 14.1 Å². The lowest BCUT2D eigenvalue weighted by molar-refractivity contribution is -0.753. The van der Waals surface area contributed by atoms with E-state index in [1.54, 1.807) is 0 Å². The van der Waals surface area contributed by atoms with Gasteiger partial charge < -0.3 is 21.0 Å². The number of Topliss-reactive ketones (excluding diaryl/α,β-unsaturated/α-hetero) is 1. The van der Waals surface area contributed by atoms with Crippen molar-refractivity contribution in [2.24, 2.45) is 23.9 Å². The number of anilines is 1. The molecule has 5 N–H and O–H groups in total. The Kier molecular flexibility index (Phi) is 9.81. The number of rotatable bonds is 15. The van der Waals surface area contributed by atoms with E-state index in [4.69, 9.17) is 25.6 Å². The molecular weight excluding hydrogens is 602 g/mol. The number of thiazole rings is 1. The normalized spacial score (nSPS) is 16.7. The summed E-state index contributed by atoms with van der Waals surface area (Å²) < 4.78 is 45.3. The highest BCUT2D eigenvalue weighted by Gasteiger charge is 2.57. The third-order valence-corrected chi connectivity index (χ3v) is 7.87. The number of nitrogen functional groups attached to an aromatic ring is 1. The topological polar surface area (TPSA) is 206 Å². The highest BCUT2D eigenvalue weighted by molar-refractivity contribution is 7.80. The molecule has 0 saturated carbocycles. The number of hydrogen-bond donors (Lipinski definition) is 3. The Bertz CT molecular complexity index is 1600. The standard InChI is InChI=1S/C26H33N7O8S2/c1-26(2)20(24(35)33(26)41-43(36,37)38)13-22(34)23(21-16-42-25(28)29-21)30-40-12-11-39-19-7-5-17(6-8-19)18-14-31(3)32(15-18)10-4-9-27/h5-8,14-16,20H,4,9-13,27H2,1-3H3,(H2-,28,29,36,37,38)/p+1/b30-23-. The van der Waals surface area contributed by atoms with E-state index >= 15 is 0 Å². The predicted octanol–water partition coefficient (Wildman–Crippen LogP) is 1.10. The van der Waals surface area contributed by atoms with Gasteiger partial charge >= 0.3 is 10.4 Å². The Morgan fingerprint density at radius 2 is 1.95 bits per heavy atom. The first-order valence-corrected chi connectivity index (χ1v) is 15.5. The zero-order chi connectivity index (χ0) is 31.4. The van der Waals surface area contributed by atoms with Crippen molar-refractivity contribution in [3.05, 3.63) is 47.7 Å². The van der Waals surface area contributed by atoms with Crippen LogP contribution >= 0.6 is 11.3 Å². The number of nitrogens with two attached hydrogens (primary N) is 2. The number of carbonyl (C=O) groups is 2. The van der Waals surface area contributed by atoms with Crippen molar-refractivity contribution in [2.45, 2.75) is 38.8 Å². The SMILES string of the molecule is C[n+]1cc(-c2ccc(OCCO/N=C(\C(=O)CC3C(=O)N(OS(=O)(=O)O)C3(C)C)c3csc(N)n3)cc2)cn1CCCN. The summed E-state index contributed by atoms with van der Waals surface area (Å²) in [6.45, 7) is 4.58. The van der Waals surface area contributed by atoms with Gasteiger partial charge in [-0.1, -0.05) is 17.3 Å². The smallest absolute Gasteiger partial charge is 0.418 e. The summed E-state index contributed by atoms with van der Waals surface area (Å²) in [5.41, 5.74) is 12.3. The molecule has 15 nitrogen and oxygen atoms in total. The second-order valence-corrected chi connectivity index (χ2v) is 12.2. The number of nitrogens with zero attached hydrogens (tertiary/aromatic N) is 5. The number of aryl methyl sites for hydroxylation is 2. The van der Waals surface area contributed by atoms with Crippen LogP contribution in [-0.2, 0) is 42.7 Å². The minimum Gasteiger partial charge on any atom is -0.490 e. The monoisotopic (exact) mass is 636 g/mol. The van der Waals surface area contributed by atoms with Gasteiger partial charge in [0.2, 0.25) is 6.20 Å². The fourth-order valence-electron chi connectivity index (χ4n) is 4.52. The van der Waals surface area contributed by atoms with Crippen LogP contribution in [0.15, 0.2) is 47.2 Å². The fourth-order valence-corrected chi connectivity index (χ4v) is 5.52. The maximum Gasteiger partial charge on any atom is 0.418 e. The summed E-state index contributed by atoms with van der Waals surface area (Å²) in [7, 11) is -2.94. The molecule has 1 unspecified atom stereocenters. The molecule has 1 aliphatic rings. The Hall–Kier alpha value is -3.90. The second-order valence-electron chi connectivity index (χ2n) is 10.3. The van der Waals surface area contributed by atoms with Crippen LogP contribution in [0.4, 0.5) is 5.13 Å². The minimum atomic E-state index is -4.92. The first-order valence-electron chi connectivity index (χ1n) is 13.2. The molecule has 1 aliphatic heterocycles. The number of benzene rings is 1. The van der Waals surface area contributed by atoms with Crippen LogP contribution in [0.25, 0.3) is 11.1 Å². The van der Waals surface area contributed by atoms with Crippen molar-refractivity contribution in [2.75, 3.05) is 25.5 Å². The molecule has 1 aromatic carbocycles. The number of amides is 1. The van der Waals surface area contributed by atoms with E-state index in [-0.39, 0.29) is 36.2 Å². The van der Waals surface area contributed by atoms with Gasteiger partial charge in [0, 0.05) is 11.8 Å². The summed E-state index contributed by atoms with van der Waals surface area (Å²) >= 11 is 1.10. The molecule has 232 valence electrons. The molecule has 1 amide bonds. The molecule has 3 aromatic rings. The Morgan fingerprint density at radius 3 is 2.56 bits per heavy atom. The maximum absolute atomic E-state index is 13.2. The van der Waals surface area contributed by atoms with Crippen molar-refractivity contribution < 1.29 is 41.1 Å². The lowest BCUT2D eigenvalue weighted by Crippen LogP contribution is -2.68. The molecule has 43 heavy (non-hydrogen) atoms. The van der Waals surface area contributed by atoms with Crippen LogP contribution in [0.1, 0.15) is 32.4 Å². The van der Waals surface area contributed by atoms with Gasteiger partial charge in [-0.25, -0.2) is 4.98 Å². The van der Waals surface area contributed by atoms with Crippen molar-refractivity contribution in [1.82, 2.24) is 14.7 Å². The molecule has 3 heterocycles. The van der Waals surface area contributed by atoms with E-state index in [1.807, 2.05) is 42.2 Å². The summed E-state index contributed by atoms with van der Waals surface area (Å²) in [4.78, 5) is 35.1. The van der Waals surface area contributed by atoms with Gasteiger partial charge in [0.25, 0.3) is 5.91 Å². The number of hydrogen-bond acceptors (Lipinski definition) is 12. The predicted molar refractivity (Wildman–Crippen MR) is 156 cm³/mol. The zero-order valence-electron chi connectivity index (χ0n) is 23.9. The summed E-state index contributed by atoms with van der Waals surface area (Å²) in [5.74, 6) is -1.69. The molecule has 4 rings (SSSR count). The number of aromatic nitrogens is 3. The van der Waals surface area contributed by atoms with Crippen molar-refractivity contribution in [3.8, 4) is 16.9 Å². The van der Waals surface area contributed by atoms with E-state index in [0.29, 0.717) is 17.4 Å². The van der Waals surface area contributed by atoms with E-state index in [0.717, 1.165) is 35.4 Å². The zero-order valence-corrected chi connectivity index (χ0v) is 25.5. The molecule has 2 aromatic heterocycles. The molecule has 1 fully saturated rings. The molecule has 1 atom stereocenters. The van der Waals surface area contributed by atoms with Crippen molar-refractivity contribution in [1.29, 1.82) is 0 Å². The molecule has 0 radical (unpaired) electrons. The van der Waals surface area contributed by atoms with Crippen LogP contribution in [-0.4, -0.2) is 70.4 Å². The van der Waals surface area contributed by atoms with E-state index in [9.17, 15) is 18.0 Å². The fraction of sp³-hybridized carbons (Fsp3) is 0.423. The molecular formula is C26H34N7O8S2+. The molecule has 0 aliphatic carbocycles.